The Balaban J connectivity index is 3.30. The minimum Gasteiger partial charge on any atom is -0.506 e. The summed E-state index contributed by atoms with van der Waals surface area (Å²) in [6.07, 6.45) is -3.74. The number of methoxy groups -OCH3 is 1. The predicted molar refractivity (Wildman–Crippen MR) is 53.2 cm³/mol. The summed E-state index contributed by atoms with van der Waals surface area (Å²) in [7, 11) is 1.04. The van der Waals surface area contributed by atoms with E-state index in [0.717, 1.165) is 7.11 Å². The van der Waals surface area contributed by atoms with Crippen molar-refractivity contribution < 1.29 is 28.3 Å². The normalized spacial score (nSPS) is 10.4. The van der Waals surface area contributed by atoms with Gasteiger partial charge in [-0.25, -0.2) is 13.8 Å². The Bertz CT molecular complexity index is 492. The van der Waals surface area contributed by atoms with Gasteiger partial charge in [0.15, 0.2) is 0 Å². The Kier molecular flexibility index (Phi) is 4.08. The number of hydrogen-bond donors (Lipinski definition) is 1. The van der Waals surface area contributed by atoms with Crippen LogP contribution < -0.4 is 0 Å². The zero-order valence-corrected chi connectivity index (χ0v) is 9.09. The molecule has 0 aliphatic rings. The number of carbonyl (C=O) groups is 1. The second-order valence-electron chi connectivity index (χ2n) is 3.17. The van der Waals surface area contributed by atoms with Crippen molar-refractivity contribution in [2.75, 3.05) is 7.11 Å². The van der Waals surface area contributed by atoms with Crippen LogP contribution in [0.2, 0.25) is 0 Å². The number of aromatic nitrogens is 1. The molecular weight excluding hydrogens is 254 g/mol. The van der Waals surface area contributed by atoms with Crippen molar-refractivity contribution in [1.29, 1.82) is 0 Å². The van der Waals surface area contributed by atoms with E-state index < -0.39 is 46.6 Å². The first-order valence-corrected chi connectivity index (χ1v) is 4.59. The number of carbonyl (C=O) groups excluding carboxylic acids is 1. The minimum absolute atomic E-state index is 0.486. The topological polar surface area (TPSA) is 103 Å². The zero-order chi connectivity index (χ0) is 13.9. The van der Waals surface area contributed by atoms with Crippen molar-refractivity contribution in [3.63, 3.8) is 0 Å². The van der Waals surface area contributed by atoms with E-state index in [1.807, 2.05) is 0 Å². The van der Waals surface area contributed by atoms with Crippen molar-refractivity contribution in [3.05, 3.63) is 27.6 Å². The molecule has 98 valence electrons. The molecule has 0 aliphatic carbocycles. The molecule has 7 nitrogen and oxygen atoms in total. The van der Waals surface area contributed by atoms with Gasteiger partial charge in [-0.1, -0.05) is 0 Å². The highest BCUT2D eigenvalue weighted by molar-refractivity contribution is 5.73. The summed E-state index contributed by atoms with van der Waals surface area (Å²) in [5.41, 5.74) is -2.22. The molecule has 0 fully saturated rings. The van der Waals surface area contributed by atoms with Gasteiger partial charge in [-0.05, 0) is 0 Å². The number of halogens is 2. The number of pyridine rings is 1. The number of rotatable bonds is 4. The van der Waals surface area contributed by atoms with Crippen molar-refractivity contribution in [3.8, 4) is 5.75 Å². The van der Waals surface area contributed by atoms with Gasteiger partial charge < -0.3 is 9.84 Å². The number of hydrogen-bond acceptors (Lipinski definition) is 6. The molecule has 1 aromatic rings. The van der Waals surface area contributed by atoms with Crippen LogP contribution in [0, 0.1) is 10.1 Å². The van der Waals surface area contributed by atoms with Crippen molar-refractivity contribution in [1.82, 2.24) is 4.98 Å². The van der Waals surface area contributed by atoms with Crippen molar-refractivity contribution >= 4 is 11.7 Å². The second kappa shape index (κ2) is 5.34. The first kappa shape index (κ1) is 13.7. The van der Waals surface area contributed by atoms with Crippen molar-refractivity contribution in [2.24, 2.45) is 0 Å². The van der Waals surface area contributed by atoms with E-state index >= 15 is 0 Å². The van der Waals surface area contributed by atoms with Crippen LogP contribution in [0.25, 0.3) is 0 Å². The third kappa shape index (κ3) is 2.87. The van der Waals surface area contributed by atoms with Gasteiger partial charge in [0.1, 0.15) is 17.1 Å². The van der Waals surface area contributed by atoms with E-state index in [0.29, 0.717) is 6.07 Å². The molecule has 18 heavy (non-hydrogen) atoms. The monoisotopic (exact) mass is 262 g/mol. The number of ether oxygens (including phenoxy) is 1. The van der Waals surface area contributed by atoms with E-state index in [2.05, 4.69) is 9.72 Å². The molecular formula is C9H8F2N2O5. The highest BCUT2D eigenvalue weighted by Gasteiger charge is 2.25. The number of aromatic hydroxyl groups is 1. The molecule has 1 rings (SSSR count). The Hall–Kier alpha value is -2.32. The molecule has 1 aromatic heterocycles. The van der Waals surface area contributed by atoms with Gasteiger partial charge in [-0.2, -0.15) is 0 Å². The van der Waals surface area contributed by atoms with E-state index in [9.17, 15) is 23.7 Å². The minimum atomic E-state index is -3.11. The summed E-state index contributed by atoms with van der Waals surface area (Å²) >= 11 is 0. The molecule has 0 aliphatic heterocycles. The fourth-order valence-electron chi connectivity index (χ4n) is 1.20. The summed E-state index contributed by atoms with van der Waals surface area (Å²) < 4.78 is 29.2. The summed E-state index contributed by atoms with van der Waals surface area (Å²) in [6, 6.07) is 0.534. The first-order valence-electron chi connectivity index (χ1n) is 4.59. The van der Waals surface area contributed by atoms with Gasteiger partial charge in [-0.15, -0.1) is 0 Å². The molecule has 1 N–H and O–H groups in total. The third-order valence-corrected chi connectivity index (χ3v) is 2.03. The lowest BCUT2D eigenvalue weighted by atomic mass is 10.2. The molecule has 0 saturated carbocycles. The summed E-state index contributed by atoms with van der Waals surface area (Å²) in [4.78, 5) is 23.9. The van der Waals surface area contributed by atoms with Crippen molar-refractivity contribution in [2.45, 2.75) is 12.8 Å². The molecule has 0 amide bonds. The summed E-state index contributed by atoms with van der Waals surface area (Å²) in [6.45, 7) is 0. The second-order valence-corrected chi connectivity index (χ2v) is 3.17. The highest BCUT2D eigenvalue weighted by Crippen LogP contribution is 2.31. The smallest absolute Gasteiger partial charge is 0.311 e. The Labute approximate surface area is 99.2 Å². The highest BCUT2D eigenvalue weighted by atomic mass is 19.3. The lowest BCUT2D eigenvalue weighted by Crippen LogP contribution is -2.10. The maximum Gasteiger partial charge on any atom is 0.311 e. The fraction of sp³-hybridized carbons (Fsp3) is 0.333. The molecule has 0 atom stereocenters. The van der Waals surface area contributed by atoms with Gasteiger partial charge in [-0.3, -0.25) is 14.9 Å². The van der Waals surface area contributed by atoms with Crippen LogP contribution in [0.3, 0.4) is 0 Å². The van der Waals surface area contributed by atoms with E-state index in [1.54, 1.807) is 0 Å². The SMILES string of the molecule is COC(=O)Cc1nc(C(F)F)c(O)cc1[N+](=O)[O-]. The number of nitrogens with zero attached hydrogens (tertiary/aromatic N) is 2. The van der Waals surface area contributed by atoms with Gasteiger partial charge in [0.25, 0.3) is 12.1 Å². The van der Waals surface area contributed by atoms with Gasteiger partial charge in [0.05, 0.1) is 24.5 Å². The van der Waals surface area contributed by atoms with Crippen LogP contribution in [-0.2, 0) is 16.0 Å². The Morgan fingerprint density at radius 2 is 2.28 bits per heavy atom. The van der Waals surface area contributed by atoms with Crippen LogP contribution in [0.4, 0.5) is 14.5 Å². The molecule has 0 unspecified atom stereocenters. The molecule has 0 saturated heterocycles. The average Bonchev–Trinajstić information content (AvgIpc) is 2.29. The standard InChI is InChI=1S/C9H8F2N2O5/c1-18-7(15)2-4-5(13(16)17)3-6(14)8(12-4)9(10)11/h3,9,14H,2H2,1H3. The predicted octanol–water partition coefficient (Wildman–Crippen LogP) is 1.35. The zero-order valence-electron chi connectivity index (χ0n) is 9.09. The molecule has 0 aromatic carbocycles. The number of esters is 1. The maximum absolute atomic E-state index is 12.5. The Morgan fingerprint density at radius 1 is 1.67 bits per heavy atom. The van der Waals surface area contributed by atoms with Gasteiger partial charge >= 0.3 is 5.97 Å². The molecule has 1 heterocycles. The van der Waals surface area contributed by atoms with Crippen LogP contribution in [0.5, 0.6) is 5.75 Å². The first-order chi connectivity index (χ1) is 8.36. The summed E-state index contributed by atoms with van der Waals surface area (Å²) in [5.74, 6) is -1.86. The third-order valence-electron chi connectivity index (χ3n) is 2.03. The molecule has 0 bridgehead atoms. The quantitative estimate of drug-likeness (QED) is 0.499. The van der Waals surface area contributed by atoms with Crippen LogP contribution in [0.15, 0.2) is 6.07 Å². The molecule has 0 spiro atoms. The average molecular weight is 262 g/mol. The van der Waals surface area contributed by atoms with E-state index in [4.69, 9.17) is 5.11 Å². The summed E-state index contributed by atoms with van der Waals surface area (Å²) in [5, 5.41) is 19.8. The van der Waals surface area contributed by atoms with Gasteiger partial charge in [0, 0.05) is 0 Å². The lowest BCUT2D eigenvalue weighted by molar-refractivity contribution is -0.386. The number of alkyl halides is 2. The van der Waals surface area contributed by atoms with Crippen LogP contribution in [-0.4, -0.2) is 28.1 Å². The van der Waals surface area contributed by atoms with E-state index in [-0.39, 0.29) is 0 Å². The molecule has 0 radical (unpaired) electrons. The maximum atomic E-state index is 12.5. The lowest BCUT2D eigenvalue weighted by Gasteiger charge is -2.06. The Morgan fingerprint density at radius 3 is 2.72 bits per heavy atom. The van der Waals surface area contributed by atoms with Crippen LogP contribution >= 0.6 is 0 Å². The van der Waals surface area contributed by atoms with Gasteiger partial charge in [0.2, 0.25) is 0 Å². The number of nitro groups is 1. The largest absolute Gasteiger partial charge is 0.506 e. The van der Waals surface area contributed by atoms with E-state index in [1.165, 1.54) is 0 Å². The van der Waals surface area contributed by atoms with Crippen LogP contribution in [0.1, 0.15) is 17.8 Å². The molecule has 9 heteroatoms. The fourth-order valence-corrected chi connectivity index (χ4v) is 1.20.